The highest BCUT2D eigenvalue weighted by Crippen LogP contribution is 2.64. The molecule has 0 unspecified atom stereocenters. The van der Waals surface area contributed by atoms with Crippen LogP contribution in [0.1, 0.15) is 65.2 Å². The number of carbonyl (C=O) groups is 1. The Morgan fingerprint density at radius 1 is 1.14 bits per heavy atom. The van der Waals surface area contributed by atoms with Crippen LogP contribution in [0.25, 0.3) is 0 Å². The van der Waals surface area contributed by atoms with E-state index in [4.69, 9.17) is 0 Å². The molecule has 3 saturated carbocycles. The molecule has 122 valence electrons. The first-order chi connectivity index (χ1) is 10.5. The summed E-state index contributed by atoms with van der Waals surface area (Å²) in [5.41, 5.74) is 1.97. The Morgan fingerprint density at radius 2 is 1.86 bits per heavy atom. The lowest BCUT2D eigenvalue weighted by Gasteiger charge is -2.57. The summed E-state index contributed by atoms with van der Waals surface area (Å²) in [5, 5.41) is 9.52. The van der Waals surface area contributed by atoms with Gasteiger partial charge in [-0.2, -0.15) is 0 Å². The lowest BCUT2D eigenvalue weighted by atomic mass is 9.47. The molecule has 4 aliphatic rings. The van der Waals surface area contributed by atoms with E-state index >= 15 is 0 Å². The van der Waals surface area contributed by atoms with Gasteiger partial charge in [0.05, 0.1) is 0 Å². The summed E-state index contributed by atoms with van der Waals surface area (Å²) in [6, 6.07) is 0. The molecule has 22 heavy (non-hydrogen) atoms. The minimum atomic E-state index is -0.00876. The van der Waals surface area contributed by atoms with Crippen LogP contribution < -0.4 is 0 Å². The summed E-state index contributed by atoms with van der Waals surface area (Å²) in [4.78, 5) is 12.4. The van der Waals surface area contributed by atoms with Crippen LogP contribution in [0.5, 0.6) is 0 Å². The third-order valence-electron chi connectivity index (χ3n) is 8.17. The third kappa shape index (κ3) is 1.85. The van der Waals surface area contributed by atoms with Crippen molar-refractivity contribution in [2.75, 3.05) is 6.61 Å². The topological polar surface area (TPSA) is 37.3 Å². The molecule has 0 heterocycles. The SMILES string of the molecule is C[C@]12CC[C@H](CO)CC1=CC[C@@H]1[C@@H]2CC[C@]2(C)C(=O)CC[C@@H]12. The molecule has 0 aromatic heterocycles. The van der Waals surface area contributed by atoms with Crippen LogP contribution in [-0.4, -0.2) is 17.5 Å². The van der Waals surface area contributed by atoms with Gasteiger partial charge in [0.2, 0.25) is 0 Å². The minimum Gasteiger partial charge on any atom is -0.396 e. The van der Waals surface area contributed by atoms with E-state index in [-0.39, 0.29) is 5.41 Å². The van der Waals surface area contributed by atoms with E-state index in [9.17, 15) is 9.90 Å². The monoisotopic (exact) mass is 302 g/mol. The number of aliphatic hydroxyl groups excluding tert-OH is 1. The van der Waals surface area contributed by atoms with Gasteiger partial charge in [-0.05, 0) is 74.0 Å². The Bertz CT molecular complexity index is 522. The molecule has 4 rings (SSSR count). The Labute approximate surface area is 134 Å². The van der Waals surface area contributed by atoms with Gasteiger partial charge in [0.25, 0.3) is 0 Å². The van der Waals surface area contributed by atoms with E-state index in [0.717, 1.165) is 37.5 Å². The number of aliphatic hydroxyl groups is 1. The minimum absolute atomic E-state index is 0.00876. The van der Waals surface area contributed by atoms with E-state index in [1.807, 2.05) is 0 Å². The van der Waals surface area contributed by atoms with Gasteiger partial charge in [-0.15, -0.1) is 0 Å². The van der Waals surface area contributed by atoms with Crippen molar-refractivity contribution in [3.8, 4) is 0 Å². The van der Waals surface area contributed by atoms with Crippen molar-refractivity contribution < 1.29 is 9.90 Å². The van der Waals surface area contributed by atoms with Crippen LogP contribution in [0.4, 0.5) is 0 Å². The Hall–Kier alpha value is -0.630. The van der Waals surface area contributed by atoms with Gasteiger partial charge in [0.1, 0.15) is 5.78 Å². The van der Waals surface area contributed by atoms with E-state index in [2.05, 4.69) is 19.9 Å². The van der Waals surface area contributed by atoms with Crippen molar-refractivity contribution in [2.24, 2.45) is 34.5 Å². The number of fused-ring (bicyclic) bond motifs is 5. The maximum atomic E-state index is 12.4. The molecule has 0 saturated heterocycles. The fourth-order valence-corrected chi connectivity index (χ4v) is 6.66. The van der Waals surface area contributed by atoms with Gasteiger partial charge in [-0.25, -0.2) is 0 Å². The second-order valence-electron chi connectivity index (χ2n) is 8.97. The van der Waals surface area contributed by atoms with Crippen molar-refractivity contribution in [1.29, 1.82) is 0 Å². The number of ketones is 1. The fourth-order valence-electron chi connectivity index (χ4n) is 6.66. The molecule has 2 heteroatoms. The smallest absolute Gasteiger partial charge is 0.139 e. The van der Waals surface area contributed by atoms with Crippen LogP contribution in [0, 0.1) is 34.5 Å². The van der Waals surface area contributed by atoms with Gasteiger partial charge in [0.15, 0.2) is 0 Å². The maximum Gasteiger partial charge on any atom is 0.139 e. The standard InChI is InChI=1S/C20H30O2/c1-19-9-7-13(12-21)11-14(19)3-4-15-16-5-6-18(22)20(16,2)10-8-17(15)19/h3,13,15-17,21H,4-12H2,1-2H3/t13-,15-,16-,17-,19-,20-/m0/s1. The highest BCUT2D eigenvalue weighted by Gasteiger charge is 2.58. The van der Waals surface area contributed by atoms with E-state index < -0.39 is 0 Å². The lowest BCUT2D eigenvalue weighted by molar-refractivity contribution is -0.131. The third-order valence-corrected chi connectivity index (χ3v) is 8.17. The predicted molar refractivity (Wildman–Crippen MR) is 87.3 cm³/mol. The quantitative estimate of drug-likeness (QED) is 0.740. The van der Waals surface area contributed by atoms with Crippen LogP contribution in [-0.2, 0) is 4.79 Å². The molecule has 0 spiro atoms. The zero-order chi connectivity index (χ0) is 15.5. The van der Waals surface area contributed by atoms with Gasteiger partial charge >= 0.3 is 0 Å². The van der Waals surface area contributed by atoms with Crippen molar-refractivity contribution in [1.82, 2.24) is 0 Å². The second-order valence-corrected chi connectivity index (χ2v) is 8.97. The van der Waals surface area contributed by atoms with Crippen LogP contribution in [0.3, 0.4) is 0 Å². The Balaban J connectivity index is 1.66. The van der Waals surface area contributed by atoms with Gasteiger partial charge in [-0.3, -0.25) is 4.79 Å². The predicted octanol–water partition coefficient (Wildman–Crippen LogP) is 4.13. The number of hydrogen-bond acceptors (Lipinski definition) is 2. The van der Waals surface area contributed by atoms with Crippen molar-refractivity contribution in [3.63, 3.8) is 0 Å². The van der Waals surface area contributed by atoms with Gasteiger partial charge in [0, 0.05) is 18.4 Å². The first kappa shape index (κ1) is 14.9. The van der Waals surface area contributed by atoms with Crippen molar-refractivity contribution >= 4 is 5.78 Å². The number of hydrogen-bond donors (Lipinski definition) is 1. The molecule has 6 atom stereocenters. The number of rotatable bonds is 1. The molecule has 0 aromatic carbocycles. The average Bonchev–Trinajstić information content (AvgIpc) is 2.82. The average molecular weight is 302 g/mol. The largest absolute Gasteiger partial charge is 0.396 e. The molecule has 0 radical (unpaired) electrons. The molecule has 3 fully saturated rings. The van der Waals surface area contributed by atoms with E-state index in [1.54, 1.807) is 5.57 Å². The van der Waals surface area contributed by atoms with Gasteiger partial charge in [-0.1, -0.05) is 25.5 Å². The van der Waals surface area contributed by atoms with Crippen molar-refractivity contribution in [2.45, 2.75) is 65.2 Å². The molecule has 0 bridgehead atoms. The Kier molecular flexibility index (Phi) is 3.35. The highest BCUT2D eigenvalue weighted by atomic mass is 16.3. The number of allylic oxidation sites excluding steroid dienone is 2. The van der Waals surface area contributed by atoms with Crippen LogP contribution >= 0.6 is 0 Å². The summed E-state index contributed by atoms with van der Waals surface area (Å²) in [6.45, 7) is 5.09. The maximum absolute atomic E-state index is 12.4. The summed E-state index contributed by atoms with van der Waals surface area (Å²) in [5.74, 6) is 3.15. The summed E-state index contributed by atoms with van der Waals surface area (Å²) >= 11 is 0. The second kappa shape index (κ2) is 4.93. The lowest BCUT2D eigenvalue weighted by Crippen LogP contribution is -2.50. The molecule has 0 amide bonds. The summed E-state index contributed by atoms with van der Waals surface area (Å²) < 4.78 is 0. The summed E-state index contributed by atoms with van der Waals surface area (Å²) in [6.07, 6.45) is 11.5. The highest BCUT2D eigenvalue weighted by molar-refractivity contribution is 5.87. The zero-order valence-electron chi connectivity index (χ0n) is 14.1. The molecular weight excluding hydrogens is 272 g/mol. The normalized spacial score (nSPS) is 50.9. The van der Waals surface area contributed by atoms with Crippen molar-refractivity contribution in [3.05, 3.63) is 11.6 Å². The van der Waals surface area contributed by atoms with Crippen LogP contribution in [0.15, 0.2) is 11.6 Å². The molecular formula is C20H30O2. The van der Waals surface area contributed by atoms with Crippen LogP contribution in [0.2, 0.25) is 0 Å². The molecule has 1 N–H and O–H groups in total. The molecule has 0 aliphatic heterocycles. The fraction of sp³-hybridized carbons (Fsp3) is 0.850. The molecule has 2 nitrogen and oxygen atoms in total. The number of carbonyl (C=O) groups excluding carboxylic acids is 1. The van der Waals surface area contributed by atoms with E-state index in [0.29, 0.717) is 29.6 Å². The number of Topliss-reactive ketones (excluding diaryl/α,β-unsaturated/α-hetero) is 1. The van der Waals surface area contributed by atoms with Gasteiger partial charge < -0.3 is 5.11 Å². The van der Waals surface area contributed by atoms with E-state index in [1.165, 1.54) is 25.7 Å². The zero-order valence-corrected chi connectivity index (χ0v) is 14.1. The summed E-state index contributed by atoms with van der Waals surface area (Å²) in [7, 11) is 0. The Morgan fingerprint density at radius 3 is 2.64 bits per heavy atom. The molecule has 0 aromatic rings. The first-order valence-electron chi connectivity index (χ1n) is 9.32. The first-order valence-corrected chi connectivity index (χ1v) is 9.32. The molecule has 4 aliphatic carbocycles.